The zero-order valence-electron chi connectivity index (χ0n) is 23.9. The molecule has 9 heteroatoms. The van der Waals surface area contributed by atoms with E-state index in [1.165, 1.54) is 24.9 Å². The van der Waals surface area contributed by atoms with Gasteiger partial charge in [-0.05, 0) is 66.1 Å². The maximum absolute atomic E-state index is 14.0. The number of hydrogen-bond donors (Lipinski definition) is 1. The molecule has 1 aromatic heterocycles. The van der Waals surface area contributed by atoms with E-state index in [0.29, 0.717) is 35.6 Å². The van der Waals surface area contributed by atoms with Crippen molar-refractivity contribution in [3.05, 3.63) is 81.5 Å². The monoisotopic (exact) mass is 578 g/mol. The Hall–Kier alpha value is -3.85. The lowest BCUT2D eigenvalue weighted by molar-refractivity contribution is -0.140. The molecular formula is C32H38N2O6S. The van der Waals surface area contributed by atoms with E-state index in [9.17, 15) is 14.4 Å². The Bertz CT molecular complexity index is 1300. The van der Waals surface area contributed by atoms with Crippen LogP contribution in [0.1, 0.15) is 64.5 Å². The number of esters is 1. The first-order chi connectivity index (χ1) is 19.9. The van der Waals surface area contributed by atoms with Crippen molar-refractivity contribution in [2.24, 2.45) is 0 Å². The minimum absolute atomic E-state index is 0.0770. The van der Waals surface area contributed by atoms with Gasteiger partial charge in [-0.3, -0.25) is 9.59 Å². The summed E-state index contributed by atoms with van der Waals surface area (Å²) in [5.41, 5.74) is 1.96. The van der Waals surface area contributed by atoms with Gasteiger partial charge >= 0.3 is 5.97 Å². The summed E-state index contributed by atoms with van der Waals surface area (Å²) in [7, 11) is 4.50. The van der Waals surface area contributed by atoms with Crippen LogP contribution in [0.3, 0.4) is 0 Å². The van der Waals surface area contributed by atoms with E-state index in [1.54, 1.807) is 43.4 Å². The highest BCUT2D eigenvalue weighted by Crippen LogP contribution is 2.30. The predicted octanol–water partition coefficient (Wildman–Crippen LogP) is 5.36. The largest absolute Gasteiger partial charge is 0.493 e. The molecule has 1 saturated carbocycles. The molecule has 0 spiro atoms. The molecule has 0 aliphatic heterocycles. The molecule has 1 N–H and O–H groups in total. The number of carbonyl (C=O) groups is 3. The van der Waals surface area contributed by atoms with Crippen LogP contribution in [-0.4, -0.2) is 56.6 Å². The van der Waals surface area contributed by atoms with Crippen molar-refractivity contribution in [2.45, 2.75) is 57.0 Å². The van der Waals surface area contributed by atoms with E-state index in [4.69, 9.17) is 14.2 Å². The van der Waals surface area contributed by atoms with Crippen LogP contribution in [0.25, 0.3) is 0 Å². The van der Waals surface area contributed by atoms with Crippen molar-refractivity contribution < 1.29 is 28.6 Å². The van der Waals surface area contributed by atoms with E-state index < -0.39 is 12.0 Å². The Balaban J connectivity index is 1.68. The standard InChI is InChI=1S/C32H38N2O6S/c1-38-27-16-11-22(20-28(27)39-2)17-18-34(29(35)21-26-10-7-19-41-26)30(31(36)33-25-8-5-4-6-9-25)23-12-14-24(15-13-23)32(37)40-3/h7,10-16,19-20,25,30H,4-6,8-9,17-18,21H2,1-3H3,(H,33,36). The number of carbonyl (C=O) groups excluding carboxylic acids is 3. The van der Waals surface area contributed by atoms with Crippen LogP contribution in [0.2, 0.25) is 0 Å². The van der Waals surface area contributed by atoms with Crippen LogP contribution < -0.4 is 14.8 Å². The van der Waals surface area contributed by atoms with Gasteiger partial charge in [0.25, 0.3) is 0 Å². The van der Waals surface area contributed by atoms with Gasteiger partial charge in [0, 0.05) is 17.5 Å². The van der Waals surface area contributed by atoms with Crippen molar-refractivity contribution in [1.29, 1.82) is 0 Å². The second-order valence-electron chi connectivity index (χ2n) is 10.1. The fourth-order valence-corrected chi connectivity index (χ4v) is 5.96. The molecule has 1 heterocycles. The van der Waals surface area contributed by atoms with Gasteiger partial charge in [0.1, 0.15) is 6.04 Å². The molecule has 1 fully saturated rings. The molecule has 218 valence electrons. The SMILES string of the molecule is COC(=O)c1ccc(C(C(=O)NC2CCCCC2)N(CCc2ccc(OC)c(OC)c2)C(=O)Cc2cccs2)cc1. The van der Waals surface area contributed by atoms with Crippen molar-refractivity contribution in [3.8, 4) is 11.5 Å². The van der Waals surface area contributed by atoms with Gasteiger partial charge in [-0.2, -0.15) is 0 Å². The van der Waals surface area contributed by atoms with E-state index in [-0.39, 0.29) is 24.3 Å². The van der Waals surface area contributed by atoms with Crippen molar-refractivity contribution >= 4 is 29.1 Å². The number of methoxy groups -OCH3 is 3. The fraction of sp³-hybridized carbons (Fsp3) is 0.406. The van der Waals surface area contributed by atoms with Crippen LogP contribution in [0.15, 0.2) is 60.0 Å². The summed E-state index contributed by atoms with van der Waals surface area (Å²) >= 11 is 1.51. The summed E-state index contributed by atoms with van der Waals surface area (Å²) in [6.45, 7) is 0.307. The van der Waals surface area contributed by atoms with Crippen molar-refractivity contribution in [2.75, 3.05) is 27.9 Å². The number of nitrogens with zero attached hydrogens (tertiary/aromatic N) is 1. The lowest BCUT2D eigenvalue weighted by atomic mass is 9.94. The molecular weight excluding hydrogens is 540 g/mol. The number of ether oxygens (including phenoxy) is 3. The highest BCUT2D eigenvalue weighted by atomic mass is 32.1. The lowest BCUT2D eigenvalue weighted by Crippen LogP contribution is -2.48. The molecule has 1 unspecified atom stereocenters. The first-order valence-corrected chi connectivity index (χ1v) is 14.8. The predicted molar refractivity (Wildman–Crippen MR) is 159 cm³/mol. The van der Waals surface area contributed by atoms with Gasteiger partial charge in [0.2, 0.25) is 11.8 Å². The topological polar surface area (TPSA) is 94.2 Å². The molecule has 3 aromatic rings. The maximum atomic E-state index is 14.0. The van der Waals surface area contributed by atoms with E-state index >= 15 is 0 Å². The lowest BCUT2D eigenvalue weighted by Gasteiger charge is -2.33. The Kier molecular flexibility index (Phi) is 10.8. The number of thiophene rings is 1. The highest BCUT2D eigenvalue weighted by molar-refractivity contribution is 7.10. The van der Waals surface area contributed by atoms with E-state index in [0.717, 1.165) is 36.1 Å². The summed E-state index contributed by atoms with van der Waals surface area (Å²) in [5.74, 6) is 0.408. The van der Waals surface area contributed by atoms with Gasteiger partial charge in [0.15, 0.2) is 11.5 Å². The van der Waals surface area contributed by atoms with Crippen LogP contribution in [-0.2, 0) is 27.2 Å². The molecule has 1 atom stereocenters. The van der Waals surface area contributed by atoms with Gasteiger partial charge in [-0.25, -0.2) is 4.79 Å². The number of hydrogen-bond acceptors (Lipinski definition) is 7. The third-order valence-corrected chi connectivity index (χ3v) is 8.35. The molecule has 2 aromatic carbocycles. The average Bonchev–Trinajstić information content (AvgIpc) is 3.52. The molecule has 0 saturated heterocycles. The third-order valence-electron chi connectivity index (χ3n) is 7.47. The van der Waals surface area contributed by atoms with Crippen LogP contribution in [0.5, 0.6) is 11.5 Å². The summed E-state index contributed by atoms with van der Waals surface area (Å²) < 4.78 is 15.7. The minimum Gasteiger partial charge on any atom is -0.493 e. The molecule has 4 rings (SSSR count). The molecule has 1 aliphatic carbocycles. The summed E-state index contributed by atoms with van der Waals surface area (Å²) in [5, 5.41) is 5.17. The Labute approximate surface area is 245 Å². The normalized spacial score (nSPS) is 14.1. The van der Waals surface area contributed by atoms with E-state index in [1.807, 2.05) is 35.7 Å². The third kappa shape index (κ3) is 7.88. The Morgan fingerprint density at radius 2 is 1.68 bits per heavy atom. The van der Waals surface area contributed by atoms with Crippen LogP contribution in [0, 0.1) is 0 Å². The number of rotatable bonds is 12. The fourth-order valence-electron chi connectivity index (χ4n) is 5.27. The van der Waals surface area contributed by atoms with Crippen molar-refractivity contribution in [1.82, 2.24) is 10.2 Å². The highest BCUT2D eigenvalue weighted by Gasteiger charge is 2.33. The second kappa shape index (κ2) is 14.7. The minimum atomic E-state index is -0.865. The zero-order chi connectivity index (χ0) is 29.2. The first kappa shape index (κ1) is 30.1. The second-order valence-corrected chi connectivity index (χ2v) is 11.2. The molecule has 41 heavy (non-hydrogen) atoms. The maximum Gasteiger partial charge on any atom is 0.337 e. The molecule has 1 aliphatic rings. The molecule has 0 bridgehead atoms. The van der Waals surface area contributed by atoms with Crippen LogP contribution >= 0.6 is 11.3 Å². The summed E-state index contributed by atoms with van der Waals surface area (Å²) in [4.78, 5) is 42.6. The van der Waals surface area contributed by atoms with Gasteiger partial charge in [-0.15, -0.1) is 11.3 Å². The van der Waals surface area contributed by atoms with Gasteiger partial charge < -0.3 is 24.4 Å². The van der Waals surface area contributed by atoms with Crippen molar-refractivity contribution in [3.63, 3.8) is 0 Å². The Morgan fingerprint density at radius 3 is 2.32 bits per heavy atom. The van der Waals surface area contributed by atoms with Gasteiger partial charge in [0.05, 0.1) is 33.3 Å². The summed E-state index contributed by atoms with van der Waals surface area (Å²) in [6.07, 6.45) is 5.86. The smallest absolute Gasteiger partial charge is 0.337 e. The number of nitrogens with one attached hydrogen (secondary N) is 1. The van der Waals surface area contributed by atoms with E-state index in [2.05, 4.69) is 5.32 Å². The number of benzene rings is 2. The molecule has 2 amide bonds. The molecule has 8 nitrogen and oxygen atoms in total. The number of amides is 2. The van der Waals surface area contributed by atoms with Crippen LogP contribution in [0.4, 0.5) is 0 Å². The quantitative estimate of drug-likeness (QED) is 0.291. The Morgan fingerprint density at radius 1 is 0.951 bits per heavy atom. The van der Waals surface area contributed by atoms with Gasteiger partial charge in [-0.1, -0.05) is 43.5 Å². The zero-order valence-corrected chi connectivity index (χ0v) is 24.7. The average molecular weight is 579 g/mol. The summed E-state index contributed by atoms with van der Waals surface area (Å²) in [6, 6.07) is 15.5. The first-order valence-electron chi connectivity index (χ1n) is 13.9. The molecule has 0 radical (unpaired) electrons.